The lowest BCUT2D eigenvalue weighted by Gasteiger charge is -2.27. The quantitative estimate of drug-likeness (QED) is 0.887. The van der Waals surface area contributed by atoms with E-state index in [1.165, 1.54) is 5.56 Å². The number of phenols is 1. The first-order valence-corrected chi connectivity index (χ1v) is 8.13. The Kier molecular flexibility index (Phi) is 5.85. The molecular weight excluding hydrogens is 302 g/mol. The van der Waals surface area contributed by atoms with Crippen LogP contribution in [0.4, 0.5) is 4.79 Å². The minimum atomic E-state index is -0.531. The highest BCUT2D eigenvalue weighted by molar-refractivity contribution is 5.68. The van der Waals surface area contributed by atoms with Gasteiger partial charge in [-0.05, 0) is 50.5 Å². The third-order valence-corrected chi connectivity index (χ3v) is 3.47. The van der Waals surface area contributed by atoms with Crippen LogP contribution >= 0.6 is 0 Å². The Balaban J connectivity index is 2.08. The molecule has 2 rings (SSSR count). The van der Waals surface area contributed by atoms with Gasteiger partial charge in [-0.15, -0.1) is 0 Å². The van der Waals surface area contributed by atoms with Crippen molar-refractivity contribution in [2.45, 2.75) is 39.3 Å². The molecule has 0 aromatic heterocycles. The van der Waals surface area contributed by atoms with Crippen molar-refractivity contribution in [1.29, 1.82) is 0 Å². The Morgan fingerprint density at radius 1 is 1.00 bits per heavy atom. The summed E-state index contributed by atoms with van der Waals surface area (Å²) in [4.78, 5) is 14.2. The fourth-order valence-corrected chi connectivity index (χ4v) is 2.29. The van der Waals surface area contributed by atoms with Gasteiger partial charge in [0.15, 0.2) is 0 Å². The monoisotopic (exact) mass is 327 g/mol. The van der Waals surface area contributed by atoms with Gasteiger partial charge < -0.3 is 14.7 Å². The van der Waals surface area contributed by atoms with Crippen LogP contribution in [0.2, 0.25) is 0 Å². The summed E-state index contributed by atoms with van der Waals surface area (Å²) in [6.45, 7) is 6.60. The SMILES string of the molecule is CC(C)(C)OC(=O)N(CCc1ccccc1)Cc1ccc(O)cc1. The Morgan fingerprint density at radius 2 is 1.62 bits per heavy atom. The van der Waals surface area contributed by atoms with Crippen LogP contribution in [0, 0.1) is 0 Å². The number of ether oxygens (including phenoxy) is 1. The first-order chi connectivity index (χ1) is 11.3. The van der Waals surface area contributed by atoms with E-state index in [1.54, 1.807) is 17.0 Å². The van der Waals surface area contributed by atoms with Crippen LogP contribution in [-0.2, 0) is 17.7 Å². The summed E-state index contributed by atoms with van der Waals surface area (Å²) < 4.78 is 5.52. The third-order valence-electron chi connectivity index (χ3n) is 3.47. The van der Waals surface area contributed by atoms with Gasteiger partial charge in [-0.2, -0.15) is 0 Å². The maximum absolute atomic E-state index is 12.5. The number of nitrogens with zero attached hydrogens (tertiary/aromatic N) is 1. The van der Waals surface area contributed by atoms with Gasteiger partial charge in [-0.3, -0.25) is 0 Å². The molecule has 24 heavy (non-hydrogen) atoms. The first-order valence-electron chi connectivity index (χ1n) is 8.13. The normalized spacial score (nSPS) is 11.1. The second kappa shape index (κ2) is 7.86. The lowest BCUT2D eigenvalue weighted by Crippen LogP contribution is -2.37. The largest absolute Gasteiger partial charge is 0.508 e. The molecule has 4 nitrogen and oxygen atoms in total. The summed E-state index contributed by atoms with van der Waals surface area (Å²) in [5.41, 5.74) is 1.60. The van der Waals surface area contributed by atoms with E-state index in [1.807, 2.05) is 63.2 Å². The predicted molar refractivity (Wildman–Crippen MR) is 94.9 cm³/mol. The zero-order chi connectivity index (χ0) is 17.6. The zero-order valence-corrected chi connectivity index (χ0v) is 14.5. The molecule has 0 aliphatic rings. The van der Waals surface area contributed by atoms with Gasteiger partial charge in [0.2, 0.25) is 0 Å². The summed E-state index contributed by atoms with van der Waals surface area (Å²) in [6.07, 6.45) is 0.435. The molecule has 0 heterocycles. The number of hydrogen-bond acceptors (Lipinski definition) is 3. The number of amides is 1. The maximum Gasteiger partial charge on any atom is 0.410 e. The van der Waals surface area contributed by atoms with E-state index in [9.17, 15) is 9.90 Å². The van der Waals surface area contributed by atoms with Gasteiger partial charge in [-0.25, -0.2) is 4.79 Å². The van der Waals surface area contributed by atoms with Crippen molar-refractivity contribution in [2.24, 2.45) is 0 Å². The molecule has 4 heteroatoms. The molecule has 2 aromatic rings. The summed E-state index contributed by atoms with van der Waals surface area (Å²) in [5.74, 6) is 0.215. The third kappa shape index (κ3) is 5.95. The van der Waals surface area contributed by atoms with E-state index >= 15 is 0 Å². The van der Waals surface area contributed by atoms with Crippen LogP contribution in [0.3, 0.4) is 0 Å². The van der Waals surface area contributed by atoms with E-state index < -0.39 is 5.60 Å². The van der Waals surface area contributed by atoms with Crippen LogP contribution in [-0.4, -0.2) is 28.2 Å². The second-order valence-electron chi connectivity index (χ2n) is 6.80. The lowest BCUT2D eigenvalue weighted by molar-refractivity contribution is 0.0236. The molecule has 0 saturated carbocycles. The topological polar surface area (TPSA) is 49.8 Å². The maximum atomic E-state index is 12.5. The van der Waals surface area contributed by atoms with E-state index in [-0.39, 0.29) is 11.8 Å². The molecule has 0 fully saturated rings. The molecule has 0 saturated heterocycles. The molecular formula is C20H25NO3. The van der Waals surface area contributed by atoms with E-state index in [0.717, 1.165) is 12.0 Å². The molecule has 0 atom stereocenters. The van der Waals surface area contributed by atoms with Gasteiger partial charge in [0, 0.05) is 13.1 Å². The van der Waals surface area contributed by atoms with Crippen molar-refractivity contribution >= 4 is 6.09 Å². The number of benzene rings is 2. The van der Waals surface area contributed by atoms with Crippen molar-refractivity contribution < 1.29 is 14.6 Å². The first kappa shape index (κ1) is 17.9. The second-order valence-corrected chi connectivity index (χ2v) is 6.80. The minimum Gasteiger partial charge on any atom is -0.508 e. The van der Waals surface area contributed by atoms with Crippen molar-refractivity contribution in [2.75, 3.05) is 6.54 Å². The van der Waals surface area contributed by atoms with Gasteiger partial charge in [0.25, 0.3) is 0 Å². The summed E-state index contributed by atoms with van der Waals surface area (Å²) in [7, 11) is 0. The summed E-state index contributed by atoms with van der Waals surface area (Å²) >= 11 is 0. The summed E-state index contributed by atoms with van der Waals surface area (Å²) in [5, 5.41) is 9.40. The number of rotatable bonds is 5. The van der Waals surface area contributed by atoms with Gasteiger partial charge >= 0.3 is 6.09 Å². The molecule has 0 spiro atoms. The Hall–Kier alpha value is -2.49. The standard InChI is InChI=1S/C20H25NO3/c1-20(2,3)24-19(23)21(14-13-16-7-5-4-6-8-16)15-17-9-11-18(22)12-10-17/h4-12,22H,13-15H2,1-3H3. The van der Waals surface area contributed by atoms with Gasteiger partial charge in [0.05, 0.1) is 0 Å². The van der Waals surface area contributed by atoms with E-state index in [2.05, 4.69) is 0 Å². The van der Waals surface area contributed by atoms with E-state index in [4.69, 9.17) is 4.74 Å². The molecule has 0 radical (unpaired) electrons. The lowest BCUT2D eigenvalue weighted by atomic mass is 10.1. The number of aromatic hydroxyl groups is 1. The molecule has 0 aliphatic heterocycles. The highest BCUT2D eigenvalue weighted by atomic mass is 16.6. The predicted octanol–water partition coefficient (Wildman–Crippen LogP) is 4.37. The van der Waals surface area contributed by atoms with Crippen molar-refractivity contribution in [3.8, 4) is 5.75 Å². The van der Waals surface area contributed by atoms with Crippen molar-refractivity contribution in [3.05, 3.63) is 65.7 Å². The van der Waals surface area contributed by atoms with Gasteiger partial charge in [0.1, 0.15) is 11.4 Å². The average molecular weight is 327 g/mol. The van der Waals surface area contributed by atoms with Crippen molar-refractivity contribution in [1.82, 2.24) is 4.90 Å². The summed E-state index contributed by atoms with van der Waals surface area (Å²) in [6, 6.07) is 16.9. The number of carbonyl (C=O) groups is 1. The average Bonchev–Trinajstić information content (AvgIpc) is 2.52. The van der Waals surface area contributed by atoms with Gasteiger partial charge in [-0.1, -0.05) is 42.5 Å². The highest BCUT2D eigenvalue weighted by Crippen LogP contribution is 2.16. The Bertz CT molecular complexity index is 645. The number of carbonyl (C=O) groups excluding carboxylic acids is 1. The smallest absolute Gasteiger partial charge is 0.410 e. The van der Waals surface area contributed by atoms with E-state index in [0.29, 0.717) is 13.1 Å². The highest BCUT2D eigenvalue weighted by Gasteiger charge is 2.22. The zero-order valence-electron chi connectivity index (χ0n) is 14.5. The van der Waals surface area contributed by atoms with Crippen LogP contribution in [0.5, 0.6) is 5.75 Å². The minimum absolute atomic E-state index is 0.215. The molecule has 128 valence electrons. The van der Waals surface area contributed by atoms with Crippen LogP contribution in [0.25, 0.3) is 0 Å². The molecule has 1 amide bonds. The van der Waals surface area contributed by atoms with Crippen molar-refractivity contribution in [3.63, 3.8) is 0 Å². The number of hydrogen-bond donors (Lipinski definition) is 1. The molecule has 1 N–H and O–H groups in total. The number of phenolic OH excluding ortho intramolecular Hbond substituents is 1. The molecule has 2 aromatic carbocycles. The van der Waals surface area contributed by atoms with Crippen LogP contribution in [0.1, 0.15) is 31.9 Å². The van der Waals surface area contributed by atoms with Crippen LogP contribution in [0.15, 0.2) is 54.6 Å². The molecule has 0 bridgehead atoms. The molecule has 0 unspecified atom stereocenters. The Labute approximate surface area is 143 Å². The fourth-order valence-electron chi connectivity index (χ4n) is 2.29. The fraction of sp³-hybridized carbons (Fsp3) is 0.350. The Morgan fingerprint density at radius 3 is 2.21 bits per heavy atom. The molecule has 0 aliphatic carbocycles. The van der Waals surface area contributed by atoms with Crippen LogP contribution < -0.4 is 0 Å².